The van der Waals surface area contributed by atoms with Gasteiger partial charge in [-0.25, -0.2) is 4.98 Å². The van der Waals surface area contributed by atoms with Crippen LogP contribution in [0.4, 0.5) is 23.1 Å². The van der Waals surface area contributed by atoms with Crippen molar-refractivity contribution in [3.05, 3.63) is 60.7 Å². The highest BCUT2D eigenvalue weighted by Gasteiger charge is 2.12. The van der Waals surface area contributed by atoms with Crippen molar-refractivity contribution >= 4 is 23.1 Å². The van der Waals surface area contributed by atoms with E-state index in [9.17, 15) is 0 Å². The van der Waals surface area contributed by atoms with Gasteiger partial charge in [-0.3, -0.25) is 0 Å². The predicted octanol–water partition coefficient (Wildman–Crippen LogP) is 4.54. The molecule has 0 spiro atoms. The van der Waals surface area contributed by atoms with Crippen molar-refractivity contribution in [1.82, 2.24) is 9.97 Å². The zero-order valence-corrected chi connectivity index (χ0v) is 16.9. The van der Waals surface area contributed by atoms with Gasteiger partial charge in [0.15, 0.2) is 0 Å². The minimum atomic E-state index is 0.252. The molecule has 1 aromatic heterocycles. The highest BCUT2D eigenvalue weighted by molar-refractivity contribution is 5.68. The maximum atomic E-state index is 5.44. The van der Waals surface area contributed by atoms with Gasteiger partial charge in [-0.15, -0.1) is 0 Å². The maximum absolute atomic E-state index is 5.44. The van der Waals surface area contributed by atoms with Crippen LogP contribution in [0.15, 0.2) is 60.7 Å². The van der Waals surface area contributed by atoms with E-state index in [2.05, 4.69) is 75.7 Å². The average Bonchev–Trinajstić information content (AvgIpc) is 2.75. The third kappa shape index (κ3) is 5.03. The third-order valence-electron chi connectivity index (χ3n) is 4.73. The molecular weight excluding hydrogens is 362 g/mol. The molecule has 3 aromatic rings. The number of anilines is 4. The Morgan fingerprint density at radius 1 is 0.931 bits per heavy atom. The molecule has 0 amide bonds. The highest BCUT2D eigenvalue weighted by atomic mass is 16.5. The maximum Gasteiger partial charge on any atom is 0.225 e. The number of morpholine rings is 1. The van der Waals surface area contributed by atoms with E-state index >= 15 is 0 Å². The molecular formula is C23H27N5O. The zero-order valence-electron chi connectivity index (χ0n) is 16.9. The quantitative estimate of drug-likeness (QED) is 0.645. The number of nitrogens with zero attached hydrogens (tertiary/aromatic N) is 3. The monoisotopic (exact) mass is 389 g/mol. The van der Waals surface area contributed by atoms with Gasteiger partial charge in [-0.2, -0.15) is 4.98 Å². The molecule has 1 aliphatic heterocycles. The lowest BCUT2D eigenvalue weighted by Crippen LogP contribution is -2.36. The van der Waals surface area contributed by atoms with E-state index in [0.717, 1.165) is 49.1 Å². The Morgan fingerprint density at radius 2 is 1.66 bits per heavy atom. The molecule has 2 aromatic carbocycles. The van der Waals surface area contributed by atoms with Gasteiger partial charge in [0.05, 0.1) is 18.9 Å². The number of benzene rings is 2. The second-order valence-electron chi connectivity index (χ2n) is 7.40. The van der Waals surface area contributed by atoms with Crippen LogP contribution in [0.25, 0.3) is 11.3 Å². The molecule has 1 aliphatic rings. The van der Waals surface area contributed by atoms with E-state index in [1.54, 1.807) is 0 Å². The second-order valence-corrected chi connectivity index (χ2v) is 7.40. The topological polar surface area (TPSA) is 62.3 Å². The Hall–Kier alpha value is -3.12. The van der Waals surface area contributed by atoms with E-state index in [1.165, 1.54) is 5.69 Å². The molecule has 0 unspecified atom stereocenters. The van der Waals surface area contributed by atoms with Crippen molar-refractivity contribution in [3.63, 3.8) is 0 Å². The van der Waals surface area contributed by atoms with Gasteiger partial charge in [-0.05, 0) is 38.1 Å². The van der Waals surface area contributed by atoms with Gasteiger partial charge in [0.25, 0.3) is 0 Å². The van der Waals surface area contributed by atoms with Gasteiger partial charge in [-0.1, -0.05) is 30.3 Å². The van der Waals surface area contributed by atoms with Crippen molar-refractivity contribution in [2.45, 2.75) is 19.9 Å². The Bertz CT molecular complexity index is 922. The summed E-state index contributed by atoms with van der Waals surface area (Å²) in [6.45, 7) is 7.60. The van der Waals surface area contributed by atoms with Crippen molar-refractivity contribution in [1.29, 1.82) is 0 Å². The average molecular weight is 390 g/mol. The summed E-state index contributed by atoms with van der Waals surface area (Å²) < 4.78 is 5.44. The molecule has 29 heavy (non-hydrogen) atoms. The summed E-state index contributed by atoms with van der Waals surface area (Å²) in [6, 6.07) is 20.8. The SMILES string of the molecule is CC(C)Nc1nc(Nc2ccc(N3CCOCC3)cc2)cc(-c2ccccc2)n1. The van der Waals surface area contributed by atoms with Crippen molar-refractivity contribution in [2.75, 3.05) is 41.8 Å². The molecule has 6 heteroatoms. The van der Waals surface area contributed by atoms with E-state index in [0.29, 0.717) is 5.95 Å². The summed E-state index contributed by atoms with van der Waals surface area (Å²) in [5, 5.41) is 6.74. The van der Waals surface area contributed by atoms with Gasteiger partial charge in [0.1, 0.15) is 5.82 Å². The molecule has 4 rings (SSSR count). The first kappa shape index (κ1) is 19.2. The molecule has 0 atom stereocenters. The minimum absolute atomic E-state index is 0.252. The first-order valence-corrected chi connectivity index (χ1v) is 10.1. The van der Waals surface area contributed by atoms with Crippen molar-refractivity contribution in [3.8, 4) is 11.3 Å². The Kier molecular flexibility index (Phi) is 5.91. The minimum Gasteiger partial charge on any atom is -0.378 e. The summed E-state index contributed by atoms with van der Waals surface area (Å²) in [4.78, 5) is 11.7. The molecule has 1 fully saturated rings. The Balaban J connectivity index is 1.57. The van der Waals surface area contributed by atoms with Gasteiger partial charge < -0.3 is 20.3 Å². The van der Waals surface area contributed by atoms with Crippen LogP contribution >= 0.6 is 0 Å². The lowest BCUT2D eigenvalue weighted by atomic mass is 10.1. The first-order chi connectivity index (χ1) is 14.2. The lowest BCUT2D eigenvalue weighted by molar-refractivity contribution is 0.122. The van der Waals surface area contributed by atoms with Crippen LogP contribution in [0.5, 0.6) is 0 Å². The van der Waals surface area contributed by atoms with E-state index in [4.69, 9.17) is 4.74 Å². The molecule has 6 nitrogen and oxygen atoms in total. The van der Waals surface area contributed by atoms with Crippen LogP contribution in [0, 0.1) is 0 Å². The number of ether oxygens (including phenoxy) is 1. The molecule has 0 radical (unpaired) electrons. The van der Waals surface area contributed by atoms with Crippen LogP contribution in [0.2, 0.25) is 0 Å². The summed E-state index contributed by atoms with van der Waals surface area (Å²) >= 11 is 0. The van der Waals surface area contributed by atoms with E-state index in [-0.39, 0.29) is 6.04 Å². The standard InChI is InChI=1S/C23H27N5O/c1-17(2)24-23-26-21(18-6-4-3-5-7-18)16-22(27-23)25-19-8-10-20(11-9-19)28-12-14-29-15-13-28/h3-11,16-17H,12-15H2,1-2H3,(H2,24,25,26,27). The van der Waals surface area contributed by atoms with E-state index in [1.807, 2.05) is 24.3 Å². The number of aromatic nitrogens is 2. The smallest absolute Gasteiger partial charge is 0.225 e. The largest absolute Gasteiger partial charge is 0.378 e. The second kappa shape index (κ2) is 8.92. The zero-order chi connectivity index (χ0) is 20.1. The molecule has 1 saturated heterocycles. The van der Waals surface area contributed by atoms with Crippen LogP contribution in [0.3, 0.4) is 0 Å². The van der Waals surface area contributed by atoms with Gasteiger partial charge >= 0.3 is 0 Å². The summed E-state index contributed by atoms with van der Waals surface area (Å²) in [5.74, 6) is 1.38. The Morgan fingerprint density at radius 3 is 2.34 bits per heavy atom. The first-order valence-electron chi connectivity index (χ1n) is 10.1. The summed E-state index contributed by atoms with van der Waals surface area (Å²) in [6.07, 6.45) is 0. The summed E-state index contributed by atoms with van der Waals surface area (Å²) in [7, 11) is 0. The Labute approximate surface area is 172 Å². The van der Waals surface area contributed by atoms with Crippen LogP contribution in [0.1, 0.15) is 13.8 Å². The fourth-order valence-electron chi connectivity index (χ4n) is 3.32. The van der Waals surface area contributed by atoms with Gasteiger partial charge in [0, 0.05) is 42.1 Å². The fraction of sp³-hybridized carbons (Fsp3) is 0.304. The molecule has 2 N–H and O–H groups in total. The van der Waals surface area contributed by atoms with Crippen LogP contribution in [-0.2, 0) is 4.74 Å². The van der Waals surface area contributed by atoms with Crippen molar-refractivity contribution in [2.24, 2.45) is 0 Å². The number of rotatable bonds is 6. The third-order valence-corrected chi connectivity index (χ3v) is 4.73. The van der Waals surface area contributed by atoms with Crippen LogP contribution in [-0.4, -0.2) is 42.3 Å². The number of hydrogen-bond donors (Lipinski definition) is 2. The normalized spacial score (nSPS) is 14.1. The molecule has 0 aliphatic carbocycles. The number of hydrogen-bond acceptors (Lipinski definition) is 6. The fourth-order valence-corrected chi connectivity index (χ4v) is 3.32. The summed E-state index contributed by atoms with van der Waals surface area (Å²) in [5.41, 5.74) is 4.16. The van der Waals surface area contributed by atoms with Crippen molar-refractivity contribution < 1.29 is 4.74 Å². The molecule has 0 bridgehead atoms. The molecule has 150 valence electrons. The lowest BCUT2D eigenvalue weighted by Gasteiger charge is -2.28. The number of nitrogens with one attached hydrogen (secondary N) is 2. The highest BCUT2D eigenvalue weighted by Crippen LogP contribution is 2.25. The van der Waals surface area contributed by atoms with Crippen LogP contribution < -0.4 is 15.5 Å². The predicted molar refractivity (Wildman–Crippen MR) is 119 cm³/mol. The van der Waals surface area contributed by atoms with Gasteiger partial charge in [0.2, 0.25) is 5.95 Å². The molecule has 2 heterocycles. The van der Waals surface area contributed by atoms with E-state index < -0.39 is 0 Å². The molecule has 0 saturated carbocycles.